The van der Waals surface area contributed by atoms with Crippen molar-refractivity contribution in [1.82, 2.24) is 0 Å². The molecule has 0 amide bonds. The van der Waals surface area contributed by atoms with Gasteiger partial charge in [0.05, 0.1) is 10.8 Å². The molecule has 572 valence electrons. The zero-order valence-corrected chi connectivity index (χ0v) is 67.7. The number of rotatable bonds is 10. The maximum Gasteiger partial charge on any atom is 0.143 e. The summed E-state index contributed by atoms with van der Waals surface area (Å²) in [4.78, 5) is 2.59. The second-order valence-corrected chi connectivity index (χ2v) is 35.1. The van der Waals surface area contributed by atoms with Crippen LogP contribution in [0.4, 0.5) is 17.1 Å². The highest BCUT2D eigenvalue weighted by molar-refractivity contribution is 6.22. The third-order valence-electron chi connectivity index (χ3n) is 28.3. The lowest BCUT2D eigenvalue weighted by Crippen LogP contribution is -2.30. The van der Waals surface area contributed by atoms with Gasteiger partial charge < -0.3 is 18.2 Å². The van der Waals surface area contributed by atoms with Crippen molar-refractivity contribution in [3.8, 4) is 77.9 Å². The Morgan fingerprint density at radius 3 is 1.16 bits per heavy atom. The van der Waals surface area contributed by atoms with Crippen molar-refractivity contribution in [3.05, 3.63) is 472 Å². The van der Waals surface area contributed by atoms with Crippen LogP contribution in [0.2, 0.25) is 0 Å². The van der Waals surface area contributed by atoms with Gasteiger partial charge in [0, 0.05) is 71.3 Å². The maximum atomic E-state index is 7.29. The van der Waals surface area contributed by atoms with E-state index in [1.807, 2.05) is 0 Å². The number of benzene rings is 18. The molecule has 5 aliphatic rings. The molecule has 0 aliphatic heterocycles. The van der Waals surface area contributed by atoms with Crippen molar-refractivity contribution in [2.45, 2.75) is 49.4 Å². The summed E-state index contributed by atoms with van der Waals surface area (Å²) in [6, 6.07) is 146. The molecule has 122 heavy (non-hydrogen) atoms. The number of nitrogens with zero attached hydrogens (tertiary/aromatic N) is 1. The van der Waals surface area contributed by atoms with Crippen LogP contribution in [-0.4, -0.2) is 0 Å². The SMILES string of the molecule is CC1(C)c2cc(N(c3ccc4c(c3)C(C)(C)c3cc(-c5ccc6c(c5)-c5ccccc5/C6=C/c5ccccc5)c5oc6ccccc6c5c3-4)c3ccc4c(c3)C(c3ccccc3)(c3ccccc3)c3cc5c(cc3-4)C(c3ccccc3)(c3ccccc3)c3ccc4oc6ccccc6c4c3-5)ccc2-c2c1cc(-c1ccccc1)c1oc3ccccc3c21. The summed E-state index contributed by atoms with van der Waals surface area (Å²) in [5, 5.41) is 6.76. The van der Waals surface area contributed by atoms with E-state index in [-0.39, 0.29) is 0 Å². The standard InChI is InChI=1S/C118H77NO3/c1-115(2)96-63-77(53-57-84(96)107-101(115)66-89(71-33-13-6-14-34-71)113-111(107)87-46-26-29-49-104(87)121-113)119(78-54-58-85-97(64-78)116(3,4)102-67-90(114-112(108(85)102)88-47-27-30-50-105(88)122-114)72-51-55-82-91(61-70-31-11-5-12-32-70)80-43-23-24-44-81(80)92(82)62-72)79-52-56-83-93-68-100-94(69-99(93)118(98(83)65-79,75-39-19-9-20-40-75)76-41-21-10-22-42-76)109-95(59-60-106-110(109)86-45-25-28-48-103(86)120-106)117(100,73-35-15-7-16-36-73)74-37-17-8-18-38-74/h5-69H,1-4H3/b91-61-. The second kappa shape index (κ2) is 25.2. The lowest BCUT2D eigenvalue weighted by atomic mass is 9.66. The summed E-state index contributed by atoms with van der Waals surface area (Å²) < 4.78 is 21.3. The normalized spacial score (nSPS) is 15.0. The van der Waals surface area contributed by atoms with E-state index in [4.69, 9.17) is 13.3 Å². The molecular weight excluding hydrogens is 1480 g/mol. The van der Waals surface area contributed by atoms with Crippen LogP contribution in [0, 0.1) is 0 Å². The molecule has 26 rings (SSSR count). The number of fused-ring (bicyclic) bond motifs is 27. The Balaban J connectivity index is 0.719. The summed E-state index contributed by atoms with van der Waals surface area (Å²) in [6.45, 7) is 9.76. The third kappa shape index (κ3) is 9.25. The molecule has 0 unspecified atom stereocenters. The van der Waals surface area contributed by atoms with E-state index < -0.39 is 21.7 Å². The largest absolute Gasteiger partial charge is 0.456 e. The molecule has 21 aromatic rings. The Morgan fingerprint density at radius 1 is 0.230 bits per heavy atom. The van der Waals surface area contributed by atoms with E-state index >= 15 is 0 Å². The zero-order chi connectivity index (χ0) is 80.6. The minimum atomic E-state index is -0.848. The number of hydrogen-bond donors (Lipinski definition) is 0. The van der Waals surface area contributed by atoms with Gasteiger partial charge in [-0.3, -0.25) is 0 Å². The number of para-hydroxylation sites is 3. The third-order valence-corrected chi connectivity index (χ3v) is 28.3. The van der Waals surface area contributed by atoms with Crippen molar-refractivity contribution in [1.29, 1.82) is 0 Å². The molecule has 4 heteroatoms. The first-order valence-electron chi connectivity index (χ1n) is 42.7. The van der Waals surface area contributed by atoms with Crippen molar-refractivity contribution >= 4 is 94.5 Å². The predicted octanol–water partition coefficient (Wildman–Crippen LogP) is 31.1. The molecule has 0 bridgehead atoms. The Bertz CT molecular complexity index is 8020. The minimum absolute atomic E-state index is 0.457. The monoisotopic (exact) mass is 1560 g/mol. The number of furan rings is 3. The molecule has 0 fully saturated rings. The van der Waals surface area contributed by atoms with E-state index in [9.17, 15) is 0 Å². The van der Waals surface area contributed by atoms with Crippen LogP contribution >= 0.6 is 0 Å². The van der Waals surface area contributed by atoms with Gasteiger partial charge in [0.2, 0.25) is 0 Å². The molecule has 3 aromatic heterocycles. The van der Waals surface area contributed by atoms with Gasteiger partial charge in [-0.05, 0) is 253 Å². The maximum absolute atomic E-state index is 7.29. The van der Waals surface area contributed by atoms with E-state index in [1.54, 1.807) is 0 Å². The number of anilines is 3. The Hall–Kier alpha value is -15.1. The molecule has 0 N–H and O–H groups in total. The Labute approximate surface area is 706 Å². The Morgan fingerprint density at radius 2 is 0.615 bits per heavy atom. The van der Waals surface area contributed by atoms with Crippen LogP contribution in [0.5, 0.6) is 0 Å². The highest BCUT2D eigenvalue weighted by Crippen LogP contribution is 2.67. The van der Waals surface area contributed by atoms with Gasteiger partial charge in [0.25, 0.3) is 0 Å². The highest BCUT2D eigenvalue weighted by atomic mass is 16.3. The molecule has 4 nitrogen and oxygen atoms in total. The van der Waals surface area contributed by atoms with E-state index in [0.717, 1.165) is 105 Å². The molecule has 5 aliphatic carbocycles. The minimum Gasteiger partial charge on any atom is -0.456 e. The molecule has 3 heterocycles. The zero-order valence-electron chi connectivity index (χ0n) is 67.7. The fourth-order valence-corrected chi connectivity index (χ4v) is 23.0. The van der Waals surface area contributed by atoms with Gasteiger partial charge in [-0.25, -0.2) is 0 Å². The van der Waals surface area contributed by atoms with Gasteiger partial charge >= 0.3 is 0 Å². The van der Waals surface area contributed by atoms with Crippen molar-refractivity contribution in [2.24, 2.45) is 0 Å². The lowest BCUT2D eigenvalue weighted by molar-refractivity contribution is 0.657. The smallest absolute Gasteiger partial charge is 0.143 e. The van der Waals surface area contributed by atoms with Crippen molar-refractivity contribution in [2.75, 3.05) is 4.90 Å². The first-order valence-corrected chi connectivity index (χ1v) is 42.7. The van der Waals surface area contributed by atoms with Crippen molar-refractivity contribution < 1.29 is 13.3 Å². The summed E-state index contributed by atoms with van der Waals surface area (Å²) in [5.41, 5.74) is 42.2. The topological polar surface area (TPSA) is 42.7 Å². The quantitative estimate of drug-likeness (QED) is 0.137. The molecule has 0 radical (unpaired) electrons. The molecule has 0 saturated carbocycles. The second-order valence-electron chi connectivity index (χ2n) is 35.1. The fourth-order valence-electron chi connectivity index (χ4n) is 23.0. The van der Waals surface area contributed by atoms with Crippen LogP contribution in [0.3, 0.4) is 0 Å². The van der Waals surface area contributed by atoms with Crippen LogP contribution in [0.15, 0.2) is 401 Å². The fraction of sp³-hybridized carbons (Fsp3) is 0.0678. The summed E-state index contributed by atoms with van der Waals surface area (Å²) in [7, 11) is 0. The molecule has 0 atom stereocenters. The average Bonchev–Trinajstić information content (AvgIpc) is 1.50. The van der Waals surface area contributed by atoms with Crippen LogP contribution in [-0.2, 0) is 21.7 Å². The van der Waals surface area contributed by atoms with Crippen LogP contribution < -0.4 is 4.90 Å². The lowest BCUT2D eigenvalue weighted by Gasteiger charge is -2.36. The Kier molecular flexibility index (Phi) is 14.3. The summed E-state index contributed by atoms with van der Waals surface area (Å²) in [5.74, 6) is 0. The van der Waals surface area contributed by atoms with Crippen LogP contribution in [0.25, 0.3) is 155 Å². The average molecular weight is 1560 g/mol. The van der Waals surface area contributed by atoms with Gasteiger partial charge in [-0.1, -0.05) is 325 Å². The first kappa shape index (κ1) is 68.9. The van der Waals surface area contributed by atoms with Crippen LogP contribution in [0.1, 0.15) is 111 Å². The molecule has 18 aromatic carbocycles. The summed E-state index contributed by atoms with van der Waals surface area (Å²) in [6.07, 6.45) is 2.34. The molecular formula is C118H77NO3. The molecule has 0 spiro atoms. The van der Waals surface area contributed by atoms with E-state index in [1.165, 1.54) is 145 Å². The van der Waals surface area contributed by atoms with Gasteiger partial charge in [0.1, 0.15) is 33.5 Å². The van der Waals surface area contributed by atoms with Gasteiger partial charge in [-0.15, -0.1) is 0 Å². The molecule has 0 saturated heterocycles. The van der Waals surface area contributed by atoms with Crippen molar-refractivity contribution in [3.63, 3.8) is 0 Å². The number of hydrogen-bond acceptors (Lipinski definition) is 4. The highest BCUT2D eigenvalue weighted by Gasteiger charge is 2.53. The van der Waals surface area contributed by atoms with E-state index in [2.05, 4.69) is 427 Å². The predicted molar refractivity (Wildman–Crippen MR) is 502 cm³/mol. The first-order chi connectivity index (χ1) is 60.0. The van der Waals surface area contributed by atoms with E-state index in [0.29, 0.717) is 0 Å². The van der Waals surface area contributed by atoms with Gasteiger partial charge in [0.15, 0.2) is 0 Å². The summed E-state index contributed by atoms with van der Waals surface area (Å²) >= 11 is 0. The van der Waals surface area contributed by atoms with Gasteiger partial charge in [-0.2, -0.15) is 0 Å².